The monoisotopic (exact) mass is 286 g/mol. The van der Waals surface area contributed by atoms with Gasteiger partial charge in [-0.3, -0.25) is 0 Å². The van der Waals surface area contributed by atoms with Gasteiger partial charge in [0.25, 0.3) is 0 Å². The van der Waals surface area contributed by atoms with Gasteiger partial charge in [0.05, 0.1) is 6.61 Å². The van der Waals surface area contributed by atoms with E-state index in [0.29, 0.717) is 18.9 Å². The largest absolute Gasteiger partial charge is 0.492 e. The molecule has 21 heavy (non-hydrogen) atoms. The Morgan fingerprint density at radius 1 is 1.33 bits per heavy atom. The molecule has 0 amide bonds. The number of carbonyl (C=O) groups is 1. The molecule has 0 saturated carbocycles. The van der Waals surface area contributed by atoms with Crippen molar-refractivity contribution in [3.8, 4) is 5.75 Å². The first-order valence-electron chi connectivity index (χ1n) is 7.77. The number of ether oxygens (including phenoxy) is 1. The van der Waals surface area contributed by atoms with Gasteiger partial charge in [0.15, 0.2) is 0 Å². The molecule has 0 aromatic heterocycles. The quantitative estimate of drug-likeness (QED) is 0.780. The summed E-state index contributed by atoms with van der Waals surface area (Å²) in [6.07, 6.45) is 3.66. The number of carbonyl (C=O) groups excluding carboxylic acids is 1. The number of fused-ring (bicyclic) bond motifs is 1. The third kappa shape index (κ3) is 3.96. The second kappa shape index (κ2) is 6.05. The predicted molar refractivity (Wildman–Crippen MR) is 87.7 cm³/mol. The zero-order valence-corrected chi connectivity index (χ0v) is 13.8. The molecule has 0 unspecified atom stereocenters. The van der Waals surface area contributed by atoms with Gasteiger partial charge in [-0.15, -0.1) is 0 Å². The number of rotatable bonds is 4. The molecule has 2 rings (SSSR count). The lowest BCUT2D eigenvalue weighted by Gasteiger charge is -2.18. The molecule has 0 spiro atoms. The van der Waals surface area contributed by atoms with Gasteiger partial charge >= 0.3 is 0 Å². The van der Waals surface area contributed by atoms with Gasteiger partial charge in [-0.05, 0) is 42.5 Å². The van der Waals surface area contributed by atoms with Crippen molar-refractivity contribution in [2.45, 2.75) is 53.4 Å². The maximum absolute atomic E-state index is 11.4. The van der Waals surface area contributed by atoms with E-state index in [2.05, 4.69) is 52.0 Å². The summed E-state index contributed by atoms with van der Waals surface area (Å²) >= 11 is 0. The van der Waals surface area contributed by atoms with Crippen LogP contribution in [-0.2, 0) is 4.79 Å². The molecule has 2 heteroatoms. The average Bonchev–Trinajstić information content (AvgIpc) is 2.52. The van der Waals surface area contributed by atoms with Gasteiger partial charge < -0.3 is 9.53 Å². The Hall–Kier alpha value is -1.57. The van der Waals surface area contributed by atoms with E-state index in [0.717, 1.165) is 17.7 Å². The van der Waals surface area contributed by atoms with Crippen LogP contribution in [-0.4, -0.2) is 12.4 Å². The summed E-state index contributed by atoms with van der Waals surface area (Å²) in [5.41, 5.74) is 3.70. The molecule has 0 N–H and O–H groups in total. The van der Waals surface area contributed by atoms with E-state index in [1.807, 2.05) is 0 Å². The zero-order chi connectivity index (χ0) is 15.6. The highest BCUT2D eigenvalue weighted by atomic mass is 16.5. The van der Waals surface area contributed by atoms with Crippen molar-refractivity contribution in [2.24, 2.45) is 5.41 Å². The van der Waals surface area contributed by atoms with Crippen molar-refractivity contribution in [3.05, 3.63) is 35.4 Å². The fraction of sp³-hybridized carbons (Fsp3) is 0.526. The summed E-state index contributed by atoms with van der Waals surface area (Å²) < 4.78 is 6.00. The molecule has 1 aromatic rings. The Balaban J connectivity index is 2.45. The van der Waals surface area contributed by atoms with Gasteiger partial charge in [0.1, 0.15) is 11.5 Å². The van der Waals surface area contributed by atoms with Gasteiger partial charge in [-0.1, -0.05) is 39.8 Å². The van der Waals surface area contributed by atoms with Crippen molar-refractivity contribution >= 4 is 11.4 Å². The van der Waals surface area contributed by atoms with Crippen LogP contribution in [0.5, 0.6) is 5.75 Å². The Bertz CT molecular complexity index is 565. The molecule has 1 heterocycles. The number of allylic oxidation sites excluding steroid dienone is 1. The summed E-state index contributed by atoms with van der Waals surface area (Å²) in [6.45, 7) is 11.1. The molecule has 1 aliphatic rings. The maximum Gasteiger partial charge on any atom is 0.130 e. The van der Waals surface area contributed by atoms with Crippen LogP contribution in [0.25, 0.3) is 5.57 Å². The molecule has 0 bridgehead atoms. The third-order valence-corrected chi connectivity index (χ3v) is 3.93. The van der Waals surface area contributed by atoms with E-state index < -0.39 is 0 Å². The fourth-order valence-corrected chi connectivity index (χ4v) is 2.66. The van der Waals surface area contributed by atoms with Crippen LogP contribution in [0.2, 0.25) is 0 Å². The maximum atomic E-state index is 11.4. The number of hydrogen-bond acceptors (Lipinski definition) is 2. The lowest BCUT2D eigenvalue weighted by molar-refractivity contribution is -0.116. The summed E-state index contributed by atoms with van der Waals surface area (Å²) in [4.78, 5) is 11.4. The highest BCUT2D eigenvalue weighted by molar-refractivity contribution is 5.80. The van der Waals surface area contributed by atoms with Gasteiger partial charge in [-0.2, -0.15) is 0 Å². The number of benzene rings is 1. The highest BCUT2D eigenvalue weighted by Crippen LogP contribution is 2.38. The lowest BCUT2D eigenvalue weighted by Crippen LogP contribution is -2.17. The summed E-state index contributed by atoms with van der Waals surface area (Å²) in [5.74, 6) is 1.67. The molecule has 114 valence electrons. The van der Waals surface area contributed by atoms with E-state index in [1.165, 1.54) is 11.1 Å². The molecule has 0 aliphatic carbocycles. The first kappa shape index (κ1) is 15.8. The number of ketones is 1. The lowest BCUT2D eigenvalue weighted by atomic mass is 9.87. The summed E-state index contributed by atoms with van der Waals surface area (Å²) in [7, 11) is 0. The zero-order valence-electron chi connectivity index (χ0n) is 13.8. The van der Waals surface area contributed by atoms with Crippen LogP contribution in [0.15, 0.2) is 24.3 Å². The smallest absolute Gasteiger partial charge is 0.130 e. The number of Topliss-reactive ketones (excluding diaryl/α,β-unsaturated/α-hetero) is 1. The van der Waals surface area contributed by atoms with E-state index >= 15 is 0 Å². The first-order valence-corrected chi connectivity index (χ1v) is 7.77. The van der Waals surface area contributed by atoms with Crippen LogP contribution >= 0.6 is 0 Å². The Labute approximate surface area is 128 Å². The van der Waals surface area contributed by atoms with E-state index in [4.69, 9.17) is 4.74 Å². The predicted octanol–water partition coefficient (Wildman–Crippen LogP) is 4.98. The van der Waals surface area contributed by atoms with Gasteiger partial charge in [-0.25, -0.2) is 0 Å². The average molecular weight is 286 g/mol. The van der Waals surface area contributed by atoms with Crippen LogP contribution in [0.3, 0.4) is 0 Å². The molecule has 0 atom stereocenters. The van der Waals surface area contributed by atoms with Crippen LogP contribution < -0.4 is 4.74 Å². The molecule has 0 fully saturated rings. The molecule has 2 nitrogen and oxygen atoms in total. The van der Waals surface area contributed by atoms with Crippen LogP contribution in [0.1, 0.15) is 64.5 Å². The normalized spacial score (nSPS) is 16.8. The molecule has 0 radical (unpaired) electrons. The van der Waals surface area contributed by atoms with E-state index in [9.17, 15) is 4.79 Å². The Kier molecular flexibility index (Phi) is 4.55. The minimum absolute atomic E-state index is 0.0108. The minimum atomic E-state index is -0.0108. The molecular weight excluding hydrogens is 260 g/mol. The molecule has 1 aromatic carbocycles. The van der Waals surface area contributed by atoms with Crippen LogP contribution in [0, 0.1) is 5.41 Å². The molecular formula is C19H26O2. The van der Waals surface area contributed by atoms with Crippen LogP contribution in [0.4, 0.5) is 0 Å². The topological polar surface area (TPSA) is 26.3 Å². The standard InChI is InChI=1S/C19H26O2/c1-13(2)15-8-9-18-17(10-15)16(7-6-14(3)20)11-19(4,5)12-21-18/h8-11,13H,6-7,12H2,1-5H3. The van der Waals surface area contributed by atoms with Crippen molar-refractivity contribution in [1.82, 2.24) is 0 Å². The van der Waals surface area contributed by atoms with Crippen molar-refractivity contribution in [2.75, 3.05) is 6.61 Å². The van der Waals surface area contributed by atoms with Crippen molar-refractivity contribution in [3.63, 3.8) is 0 Å². The van der Waals surface area contributed by atoms with Crippen molar-refractivity contribution in [1.29, 1.82) is 0 Å². The fourth-order valence-electron chi connectivity index (χ4n) is 2.66. The van der Waals surface area contributed by atoms with Crippen molar-refractivity contribution < 1.29 is 9.53 Å². The second-order valence-corrected chi connectivity index (χ2v) is 7.06. The SMILES string of the molecule is CC(=O)CCC1=CC(C)(C)COc2ccc(C(C)C)cc21. The summed E-state index contributed by atoms with van der Waals surface area (Å²) in [6, 6.07) is 6.45. The highest BCUT2D eigenvalue weighted by Gasteiger charge is 2.24. The Morgan fingerprint density at radius 2 is 2.05 bits per heavy atom. The second-order valence-electron chi connectivity index (χ2n) is 7.06. The third-order valence-electron chi connectivity index (χ3n) is 3.93. The summed E-state index contributed by atoms with van der Waals surface area (Å²) in [5, 5.41) is 0. The minimum Gasteiger partial charge on any atom is -0.492 e. The van der Waals surface area contributed by atoms with E-state index in [1.54, 1.807) is 6.92 Å². The van der Waals surface area contributed by atoms with Gasteiger partial charge in [0, 0.05) is 17.4 Å². The first-order chi connectivity index (χ1) is 9.78. The van der Waals surface area contributed by atoms with E-state index in [-0.39, 0.29) is 11.2 Å². The molecule has 0 saturated heterocycles. The molecule has 1 aliphatic heterocycles. The van der Waals surface area contributed by atoms with Gasteiger partial charge in [0.2, 0.25) is 0 Å². The number of hydrogen-bond donors (Lipinski definition) is 0. The Morgan fingerprint density at radius 3 is 2.67 bits per heavy atom.